The van der Waals surface area contributed by atoms with Crippen LogP contribution in [0.15, 0.2) is 0 Å². The van der Waals surface area contributed by atoms with Gasteiger partial charge in [0.15, 0.2) is 0 Å². The number of ether oxygens (including phenoxy) is 2. The molecule has 0 spiro atoms. The fourth-order valence-corrected chi connectivity index (χ4v) is 5.23. The number of carbonyl (C=O) groups is 2. The maximum absolute atomic E-state index is 12.6. The van der Waals surface area contributed by atoms with Crippen molar-refractivity contribution in [2.45, 2.75) is 58.2 Å². The predicted molar refractivity (Wildman–Crippen MR) is 102 cm³/mol. The number of carbonyl (C=O) groups excluding carboxylic acids is 2. The van der Waals surface area contributed by atoms with Gasteiger partial charge in [0.05, 0.1) is 31.4 Å². The Morgan fingerprint density at radius 3 is 2.58 bits per heavy atom. The maximum atomic E-state index is 12.6. The number of nitrogens with one attached hydrogen (secondary N) is 1. The van der Waals surface area contributed by atoms with Crippen molar-refractivity contribution in [1.82, 2.24) is 4.90 Å². The molecule has 0 aromatic carbocycles. The first-order chi connectivity index (χ1) is 12.5. The van der Waals surface area contributed by atoms with Gasteiger partial charge in [0.25, 0.3) is 0 Å². The number of aryl methyl sites for hydroxylation is 1. The first-order valence-corrected chi connectivity index (χ1v) is 10.2. The molecule has 1 aromatic heterocycles. The first-order valence-electron chi connectivity index (χ1n) is 9.38. The van der Waals surface area contributed by atoms with Crippen LogP contribution < -0.4 is 5.32 Å². The van der Waals surface area contributed by atoms with E-state index in [0.29, 0.717) is 17.1 Å². The van der Waals surface area contributed by atoms with E-state index in [1.807, 2.05) is 13.8 Å². The SMILES string of the molecule is COC(=O)c1c(NC(=O)CN2C[C@@H](C)O[C@H](C)C2)sc2c1CCCCC2. The number of thiophene rings is 1. The second-order valence-electron chi connectivity index (χ2n) is 7.26. The Bertz CT molecular complexity index is 663. The van der Waals surface area contributed by atoms with E-state index in [1.54, 1.807) is 0 Å². The highest BCUT2D eigenvalue weighted by atomic mass is 32.1. The molecule has 1 amide bonds. The van der Waals surface area contributed by atoms with Crippen LogP contribution in [0.3, 0.4) is 0 Å². The van der Waals surface area contributed by atoms with Crippen LogP contribution in [0.5, 0.6) is 0 Å². The number of rotatable bonds is 4. The lowest BCUT2D eigenvalue weighted by Gasteiger charge is -2.34. The molecule has 0 bridgehead atoms. The summed E-state index contributed by atoms with van der Waals surface area (Å²) in [6.07, 6.45) is 5.47. The van der Waals surface area contributed by atoms with Gasteiger partial charge >= 0.3 is 5.97 Å². The number of anilines is 1. The summed E-state index contributed by atoms with van der Waals surface area (Å²) in [5.74, 6) is -0.443. The van der Waals surface area contributed by atoms with E-state index in [4.69, 9.17) is 9.47 Å². The van der Waals surface area contributed by atoms with Gasteiger partial charge in [-0.25, -0.2) is 4.79 Å². The van der Waals surface area contributed by atoms with Gasteiger partial charge in [0.1, 0.15) is 5.00 Å². The second-order valence-corrected chi connectivity index (χ2v) is 8.36. The van der Waals surface area contributed by atoms with Gasteiger partial charge in [-0.1, -0.05) is 6.42 Å². The van der Waals surface area contributed by atoms with Gasteiger partial charge in [0, 0.05) is 18.0 Å². The lowest BCUT2D eigenvalue weighted by atomic mass is 10.1. The van der Waals surface area contributed by atoms with Crippen LogP contribution in [0.2, 0.25) is 0 Å². The minimum absolute atomic E-state index is 0.0899. The topological polar surface area (TPSA) is 67.9 Å². The quantitative estimate of drug-likeness (QED) is 0.643. The van der Waals surface area contributed by atoms with Crippen LogP contribution in [0.1, 0.15) is 53.9 Å². The fraction of sp³-hybridized carbons (Fsp3) is 0.684. The molecule has 7 heteroatoms. The Labute approximate surface area is 158 Å². The highest BCUT2D eigenvalue weighted by Crippen LogP contribution is 2.37. The standard InChI is InChI=1S/C19H28N2O4S/c1-12-9-21(10-13(2)25-12)11-16(22)20-18-17(19(23)24-3)14-7-5-4-6-8-15(14)26-18/h12-13H,4-11H2,1-3H3,(H,20,22)/t12-,13-/m1/s1. The first kappa shape index (κ1) is 19.3. The van der Waals surface area contributed by atoms with E-state index in [2.05, 4.69) is 10.2 Å². The van der Waals surface area contributed by atoms with E-state index < -0.39 is 0 Å². The second kappa shape index (κ2) is 8.50. The Morgan fingerprint density at radius 2 is 1.88 bits per heavy atom. The number of morpholine rings is 1. The number of fused-ring (bicyclic) bond motifs is 1. The van der Waals surface area contributed by atoms with Crippen LogP contribution in [-0.4, -0.2) is 55.7 Å². The summed E-state index contributed by atoms with van der Waals surface area (Å²) in [4.78, 5) is 28.3. The molecule has 1 saturated heterocycles. The third kappa shape index (κ3) is 4.45. The Kier molecular flexibility index (Phi) is 6.32. The van der Waals surface area contributed by atoms with Gasteiger partial charge in [-0.3, -0.25) is 9.69 Å². The molecule has 2 atom stereocenters. The van der Waals surface area contributed by atoms with Crippen LogP contribution >= 0.6 is 11.3 Å². The van der Waals surface area contributed by atoms with Gasteiger partial charge in [-0.15, -0.1) is 11.3 Å². The van der Waals surface area contributed by atoms with E-state index in [-0.39, 0.29) is 24.1 Å². The van der Waals surface area contributed by atoms with Crippen molar-refractivity contribution in [3.63, 3.8) is 0 Å². The van der Waals surface area contributed by atoms with E-state index in [0.717, 1.165) is 44.3 Å². The predicted octanol–water partition coefficient (Wildman–Crippen LogP) is 2.85. The van der Waals surface area contributed by atoms with E-state index in [1.165, 1.54) is 29.7 Å². The zero-order valence-corrected chi connectivity index (χ0v) is 16.6. The monoisotopic (exact) mass is 380 g/mol. The maximum Gasteiger partial charge on any atom is 0.341 e. The van der Waals surface area contributed by atoms with Crippen molar-refractivity contribution in [2.75, 3.05) is 32.1 Å². The summed E-state index contributed by atoms with van der Waals surface area (Å²) in [6.45, 7) is 5.82. The molecule has 0 saturated carbocycles. The molecule has 0 unspecified atom stereocenters. The average Bonchev–Trinajstić information content (AvgIpc) is 2.74. The molecule has 2 heterocycles. The number of amides is 1. The molecule has 1 aliphatic carbocycles. The highest BCUT2D eigenvalue weighted by Gasteiger charge is 2.28. The van der Waals surface area contributed by atoms with Crippen molar-refractivity contribution in [3.05, 3.63) is 16.0 Å². The third-order valence-electron chi connectivity index (χ3n) is 4.93. The van der Waals surface area contributed by atoms with Gasteiger partial charge in [-0.05, 0) is 45.1 Å². The van der Waals surface area contributed by atoms with Crippen molar-refractivity contribution in [1.29, 1.82) is 0 Å². The van der Waals surface area contributed by atoms with Gasteiger partial charge in [0.2, 0.25) is 5.91 Å². The summed E-state index contributed by atoms with van der Waals surface area (Å²) in [6, 6.07) is 0. The molecule has 0 radical (unpaired) electrons. The smallest absolute Gasteiger partial charge is 0.341 e. The Morgan fingerprint density at radius 1 is 1.19 bits per heavy atom. The normalized spacial score (nSPS) is 23.8. The zero-order valence-electron chi connectivity index (χ0n) is 15.8. The number of hydrogen-bond donors (Lipinski definition) is 1. The van der Waals surface area contributed by atoms with Gasteiger partial charge in [-0.2, -0.15) is 0 Å². The molecular weight excluding hydrogens is 352 g/mol. The molecule has 1 aromatic rings. The Hall–Kier alpha value is -1.44. The molecular formula is C19H28N2O4S. The van der Waals surface area contributed by atoms with Crippen molar-refractivity contribution < 1.29 is 19.1 Å². The molecule has 2 aliphatic rings. The van der Waals surface area contributed by atoms with Crippen molar-refractivity contribution in [2.24, 2.45) is 0 Å². The summed E-state index contributed by atoms with van der Waals surface area (Å²) in [5, 5.41) is 3.62. The Balaban J connectivity index is 1.74. The fourth-order valence-electron chi connectivity index (χ4n) is 3.93. The molecule has 26 heavy (non-hydrogen) atoms. The average molecular weight is 381 g/mol. The van der Waals surface area contributed by atoms with Crippen LogP contribution in [0, 0.1) is 0 Å². The molecule has 3 rings (SSSR count). The summed E-state index contributed by atoms with van der Waals surface area (Å²) >= 11 is 1.53. The summed E-state index contributed by atoms with van der Waals surface area (Å²) < 4.78 is 10.7. The van der Waals surface area contributed by atoms with Crippen molar-refractivity contribution >= 4 is 28.2 Å². The minimum atomic E-state index is -0.353. The molecule has 1 fully saturated rings. The largest absolute Gasteiger partial charge is 0.465 e. The van der Waals surface area contributed by atoms with E-state index in [9.17, 15) is 9.59 Å². The third-order valence-corrected chi connectivity index (χ3v) is 6.13. The number of nitrogens with zero attached hydrogens (tertiary/aromatic N) is 1. The molecule has 1 N–H and O–H groups in total. The molecule has 144 valence electrons. The number of esters is 1. The molecule has 6 nitrogen and oxygen atoms in total. The van der Waals surface area contributed by atoms with E-state index >= 15 is 0 Å². The number of methoxy groups -OCH3 is 1. The number of hydrogen-bond acceptors (Lipinski definition) is 6. The zero-order chi connectivity index (χ0) is 18.7. The summed E-state index contributed by atoms with van der Waals surface area (Å²) in [5.41, 5.74) is 1.63. The van der Waals surface area contributed by atoms with Crippen LogP contribution in [-0.2, 0) is 27.1 Å². The van der Waals surface area contributed by atoms with Crippen LogP contribution in [0.4, 0.5) is 5.00 Å². The lowest BCUT2D eigenvalue weighted by Crippen LogP contribution is -2.48. The lowest BCUT2D eigenvalue weighted by molar-refractivity contribution is -0.121. The van der Waals surface area contributed by atoms with Gasteiger partial charge < -0.3 is 14.8 Å². The highest BCUT2D eigenvalue weighted by molar-refractivity contribution is 7.17. The summed E-state index contributed by atoms with van der Waals surface area (Å²) in [7, 11) is 1.39. The van der Waals surface area contributed by atoms with Crippen LogP contribution in [0.25, 0.3) is 0 Å². The molecule has 1 aliphatic heterocycles. The van der Waals surface area contributed by atoms with Crippen molar-refractivity contribution in [3.8, 4) is 0 Å². The minimum Gasteiger partial charge on any atom is -0.465 e.